The summed E-state index contributed by atoms with van der Waals surface area (Å²) in [6.45, 7) is 2.86. The molecule has 1 atom stereocenters. The van der Waals surface area contributed by atoms with Gasteiger partial charge in [0, 0.05) is 24.0 Å². The molecule has 1 aromatic carbocycles. The summed E-state index contributed by atoms with van der Waals surface area (Å²) in [5.41, 5.74) is 4.85. The molecule has 0 spiro atoms. The van der Waals surface area contributed by atoms with Gasteiger partial charge < -0.3 is 0 Å². The molecule has 0 radical (unpaired) electrons. The zero-order valence-electron chi connectivity index (χ0n) is 9.80. The Hall–Kier alpha value is -1.96. The van der Waals surface area contributed by atoms with Crippen LogP contribution in [0.5, 0.6) is 0 Å². The predicted molar refractivity (Wildman–Crippen MR) is 69.7 cm³/mol. The maximum Gasteiger partial charge on any atom is 0.0514 e. The van der Waals surface area contributed by atoms with Crippen molar-refractivity contribution in [1.29, 1.82) is 0 Å². The molecule has 0 amide bonds. The van der Waals surface area contributed by atoms with Crippen molar-refractivity contribution in [2.75, 3.05) is 6.54 Å². The molecule has 2 heterocycles. The molecule has 17 heavy (non-hydrogen) atoms. The van der Waals surface area contributed by atoms with Crippen molar-refractivity contribution in [3.8, 4) is 0 Å². The second kappa shape index (κ2) is 4.13. The Morgan fingerprint density at radius 3 is 2.82 bits per heavy atom. The second-order valence-corrected chi connectivity index (χ2v) is 4.44. The molecule has 1 aliphatic heterocycles. The number of benzene rings is 1. The normalized spacial score (nSPS) is 17.8. The minimum absolute atomic E-state index is 0.303. The molecule has 0 aliphatic carbocycles. The van der Waals surface area contributed by atoms with Gasteiger partial charge in [0.25, 0.3) is 0 Å². The van der Waals surface area contributed by atoms with Gasteiger partial charge in [0.05, 0.1) is 6.54 Å². The Kier molecular flexibility index (Phi) is 2.48. The van der Waals surface area contributed by atoms with Crippen molar-refractivity contribution < 1.29 is 0 Å². The van der Waals surface area contributed by atoms with Crippen molar-refractivity contribution in [2.45, 2.75) is 12.8 Å². The minimum Gasteiger partial charge on any atom is -0.291 e. The number of aromatic nitrogens is 1. The van der Waals surface area contributed by atoms with Crippen LogP contribution in [0.4, 0.5) is 0 Å². The summed E-state index contributed by atoms with van der Waals surface area (Å²) in [4.78, 5) is 8.96. The third-order valence-corrected chi connectivity index (χ3v) is 3.18. The van der Waals surface area contributed by atoms with Gasteiger partial charge in [-0.3, -0.25) is 9.98 Å². The zero-order chi connectivity index (χ0) is 11.7. The van der Waals surface area contributed by atoms with Crippen LogP contribution in [0.2, 0.25) is 0 Å². The molecule has 0 fully saturated rings. The first kappa shape index (κ1) is 10.2. The lowest BCUT2D eigenvalue weighted by atomic mass is 9.89. The smallest absolute Gasteiger partial charge is 0.0514 e. The molecular formula is C15H14N2. The molecule has 1 aromatic heterocycles. The van der Waals surface area contributed by atoms with E-state index in [1.54, 1.807) is 0 Å². The van der Waals surface area contributed by atoms with Gasteiger partial charge in [0.15, 0.2) is 0 Å². The predicted octanol–water partition coefficient (Wildman–Crippen LogP) is 2.95. The van der Waals surface area contributed by atoms with E-state index in [1.807, 2.05) is 12.4 Å². The van der Waals surface area contributed by atoms with Gasteiger partial charge in [-0.05, 0) is 29.7 Å². The lowest BCUT2D eigenvalue weighted by Gasteiger charge is -2.20. The number of rotatable bonds is 1. The van der Waals surface area contributed by atoms with Crippen LogP contribution in [0.15, 0.2) is 47.6 Å². The summed E-state index contributed by atoms with van der Waals surface area (Å²) in [6.07, 6.45) is 3.89. The van der Waals surface area contributed by atoms with Gasteiger partial charge in [-0.2, -0.15) is 0 Å². The quantitative estimate of drug-likeness (QED) is 0.728. The van der Waals surface area contributed by atoms with Crippen LogP contribution in [0.1, 0.15) is 28.3 Å². The highest BCUT2D eigenvalue weighted by molar-refractivity contribution is 5.83. The third kappa shape index (κ3) is 1.86. The van der Waals surface area contributed by atoms with Crippen LogP contribution in [0.3, 0.4) is 0 Å². The molecule has 2 aromatic rings. The van der Waals surface area contributed by atoms with Crippen molar-refractivity contribution in [3.05, 3.63) is 65.0 Å². The Morgan fingerprint density at radius 2 is 2.00 bits per heavy atom. The summed E-state index contributed by atoms with van der Waals surface area (Å²) in [7, 11) is 0. The maximum absolute atomic E-state index is 4.53. The average Bonchev–Trinajstić information content (AvgIpc) is 2.39. The molecular weight excluding hydrogens is 208 g/mol. The molecule has 0 N–H and O–H groups in total. The fourth-order valence-corrected chi connectivity index (χ4v) is 2.24. The highest BCUT2D eigenvalue weighted by Crippen LogP contribution is 2.28. The van der Waals surface area contributed by atoms with Gasteiger partial charge in [0.1, 0.15) is 0 Å². The number of hydrogen-bond acceptors (Lipinski definition) is 2. The standard InChI is InChI=1S/C15H14N2/c1-11-6-7-15(17-8-11)14-10-16-9-12-4-2-3-5-13(12)14/h2-9,14H,10H2,1H3. The average molecular weight is 222 g/mol. The largest absolute Gasteiger partial charge is 0.291 e. The van der Waals surface area contributed by atoms with E-state index >= 15 is 0 Å². The molecule has 0 bridgehead atoms. The van der Waals surface area contributed by atoms with Crippen LogP contribution >= 0.6 is 0 Å². The van der Waals surface area contributed by atoms with E-state index in [4.69, 9.17) is 0 Å². The number of pyridine rings is 1. The SMILES string of the molecule is Cc1ccc(C2CN=Cc3ccccc32)nc1. The van der Waals surface area contributed by atoms with Crippen LogP contribution in [0.25, 0.3) is 0 Å². The fraction of sp³-hybridized carbons (Fsp3) is 0.200. The monoisotopic (exact) mass is 222 g/mol. The second-order valence-electron chi connectivity index (χ2n) is 4.44. The number of aliphatic imine (C=N–C) groups is 1. The fourth-order valence-electron chi connectivity index (χ4n) is 2.24. The number of fused-ring (bicyclic) bond motifs is 1. The van der Waals surface area contributed by atoms with E-state index in [9.17, 15) is 0 Å². The van der Waals surface area contributed by atoms with Gasteiger partial charge in [0.2, 0.25) is 0 Å². The Morgan fingerprint density at radius 1 is 1.12 bits per heavy atom. The summed E-state index contributed by atoms with van der Waals surface area (Å²) in [5.74, 6) is 0.303. The molecule has 2 heteroatoms. The summed E-state index contributed by atoms with van der Waals surface area (Å²) < 4.78 is 0. The molecule has 84 valence electrons. The summed E-state index contributed by atoms with van der Waals surface area (Å²) in [5, 5.41) is 0. The lowest BCUT2D eigenvalue weighted by Crippen LogP contribution is -2.13. The van der Waals surface area contributed by atoms with Crippen molar-refractivity contribution in [2.24, 2.45) is 4.99 Å². The van der Waals surface area contributed by atoms with E-state index in [1.165, 1.54) is 16.7 Å². The first-order chi connectivity index (χ1) is 8.34. The topological polar surface area (TPSA) is 25.2 Å². The maximum atomic E-state index is 4.53. The Bertz CT molecular complexity index is 555. The van der Waals surface area contributed by atoms with Crippen LogP contribution in [-0.2, 0) is 0 Å². The first-order valence-corrected chi connectivity index (χ1v) is 5.86. The summed E-state index contributed by atoms with van der Waals surface area (Å²) >= 11 is 0. The van der Waals surface area contributed by atoms with Crippen molar-refractivity contribution in [1.82, 2.24) is 4.98 Å². The molecule has 3 rings (SSSR count). The van der Waals surface area contributed by atoms with Crippen molar-refractivity contribution in [3.63, 3.8) is 0 Å². The first-order valence-electron chi connectivity index (χ1n) is 5.86. The molecule has 0 saturated carbocycles. The zero-order valence-corrected chi connectivity index (χ0v) is 9.80. The van der Waals surface area contributed by atoms with Gasteiger partial charge >= 0.3 is 0 Å². The van der Waals surface area contributed by atoms with Crippen LogP contribution in [-0.4, -0.2) is 17.7 Å². The number of nitrogens with zero attached hydrogens (tertiary/aromatic N) is 2. The van der Waals surface area contributed by atoms with Crippen molar-refractivity contribution >= 4 is 6.21 Å². The molecule has 1 aliphatic rings. The highest BCUT2D eigenvalue weighted by atomic mass is 14.8. The highest BCUT2D eigenvalue weighted by Gasteiger charge is 2.19. The Labute approximate surface area is 101 Å². The van der Waals surface area contributed by atoms with E-state index in [0.29, 0.717) is 5.92 Å². The van der Waals surface area contributed by atoms with Gasteiger partial charge in [-0.1, -0.05) is 30.3 Å². The third-order valence-electron chi connectivity index (χ3n) is 3.18. The van der Waals surface area contributed by atoms with E-state index in [-0.39, 0.29) is 0 Å². The molecule has 0 saturated heterocycles. The van der Waals surface area contributed by atoms with E-state index in [0.717, 1.165) is 12.2 Å². The van der Waals surface area contributed by atoms with Crippen LogP contribution in [0, 0.1) is 6.92 Å². The number of hydrogen-bond donors (Lipinski definition) is 0. The molecule has 2 nitrogen and oxygen atoms in total. The summed E-state index contributed by atoms with van der Waals surface area (Å²) in [6, 6.07) is 12.6. The van der Waals surface area contributed by atoms with Gasteiger partial charge in [-0.25, -0.2) is 0 Å². The Balaban J connectivity index is 2.05. The van der Waals surface area contributed by atoms with E-state index in [2.05, 4.69) is 53.3 Å². The number of aryl methyl sites for hydroxylation is 1. The molecule has 1 unspecified atom stereocenters. The minimum atomic E-state index is 0.303. The van der Waals surface area contributed by atoms with Crippen LogP contribution < -0.4 is 0 Å². The van der Waals surface area contributed by atoms with Gasteiger partial charge in [-0.15, -0.1) is 0 Å². The van der Waals surface area contributed by atoms with E-state index < -0.39 is 0 Å². The lowest BCUT2D eigenvalue weighted by molar-refractivity contribution is 0.777.